The zero-order valence-electron chi connectivity index (χ0n) is 12.3. The molecule has 0 spiro atoms. The van der Waals surface area contributed by atoms with Crippen molar-refractivity contribution in [2.45, 2.75) is 39.4 Å². The minimum Gasteiger partial charge on any atom is -0.493 e. The lowest BCUT2D eigenvalue weighted by atomic mass is 10.1. The first-order valence-electron chi connectivity index (χ1n) is 6.91. The van der Waals surface area contributed by atoms with E-state index in [2.05, 4.69) is 56.6 Å². The molecule has 4 heteroatoms. The van der Waals surface area contributed by atoms with Gasteiger partial charge in [0.25, 0.3) is 0 Å². The highest BCUT2D eigenvalue weighted by molar-refractivity contribution is 7.79. The summed E-state index contributed by atoms with van der Waals surface area (Å²) in [7, 11) is 0. The molecule has 0 fully saturated rings. The largest absolute Gasteiger partial charge is 0.493 e. The highest BCUT2D eigenvalue weighted by Crippen LogP contribution is 2.22. The van der Waals surface area contributed by atoms with Gasteiger partial charge in [0.1, 0.15) is 5.75 Å². The second-order valence-corrected chi connectivity index (χ2v) is 6.40. The van der Waals surface area contributed by atoms with Crippen LogP contribution in [-0.4, -0.2) is 11.6 Å². The van der Waals surface area contributed by atoms with Gasteiger partial charge in [0, 0.05) is 17.1 Å². The molecule has 1 aromatic heterocycles. The van der Waals surface area contributed by atoms with Crippen molar-refractivity contribution in [2.24, 2.45) is 0 Å². The van der Waals surface area contributed by atoms with Crippen LogP contribution in [0.4, 0.5) is 0 Å². The van der Waals surface area contributed by atoms with Gasteiger partial charge < -0.3 is 4.74 Å². The van der Waals surface area contributed by atoms with Gasteiger partial charge in [-0.1, -0.05) is 13.0 Å². The van der Waals surface area contributed by atoms with Crippen LogP contribution in [0.1, 0.15) is 33.6 Å². The number of thiol groups is 1. The first-order valence-corrected chi connectivity index (χ1v) is 8.36. The molecule has 0 atom stereocenters. The average Bonchev–Trinajstić information content (AvgIpc) is 2.80. The van der Waals surface area contributed by atoms with Crippen LogP contribution in [0.2, 0.25) is 0 Å². The summed E-state index contributed by atoms with van der Waals surface area (Å²) in [5.41, 5.74) is 3.66. The molecule has 0 saturated carbocycles. The lowest BCUT2D eigenvalue weighted by Crippen LogP contribution is -2.01. The number of hydrogen-bond donors (Lipinski definition) is 1. The summed E-state index contributed by atoms with van der Waals surface area (Å²) in [5.74, 6) is 1.72. The van der Waals surface area contributed by atoms with Gasteiger partial charge in [0.2, 0.25) is 0 Å². The summed E-state index contributed by atoms with van der Waals surface area (Å²) < 4.78 is 5.84. The Morgan fingerprint density at radius 2 is 1.90 bits per heavy atom. The van der Waals surface area contributed by atoms with Crippen LogP contribution >= 0.6 is 24.0 Å². The van der Waals surface area contributed by atoms with E-state index in [1.807, 2.05) is 0 Å². The predicted octanol–water partition coefficient (Wildman–Crippen LogP) is 4.37. The van der Waals surface area contributed by atoms with Crippen molar-refractivity contribution in [1.29, 1.82) is 0 Å². The van der Waals surface area contributed by atoms with Crippen LogP contribution in [0.15, 0.2) is 18.2 Å². The third-order valence-corrected chi connectivity index (χ3v) is 4.77. The fourth-order valence-corrected chi connectivity index (χ4v) is 3.59. The van der Waals surface area contributed by atoms with E-state index in [1.54, 1.807) is 11.3 Å². The molecule has 0 aliphatic carbocycles. The zero-order valence-corrected chi connectivity index (χ0v) is 14.0. The molecule has 1 heterocycles. The Kier molecular flexibility index (Phi) is 5.49. The predicted molar refractivity (Wildman–Crippen MR) is 89.3 cm³/mol. The summed E-state index contributed by atoms with van der Waals surface area (Å²) in [6.07, 6.45) is 1.84. The van der Waals surface area contributed by atoms with Crippen molar-refractivity contribution in [3.63, 3.8) is 0 Å². The number of ether oxygens (including phenoxy) is 1. The van der Waals surface area contributed by atoms with Gasteiger partial charge in [-0.15, -0.1) is 11.3 Å². The van der Waals surface area contributed by atoms with Crippen LogP contribution < -0.4 is 4.74 Å². The number of aryl methyl sites for hydroxylation is 3. The van der Waals surface area contributed by atoms with Gasteiger partial charge in [0.05, 0.1) is 17.3 Å². The van der Waals surface area contributed by atoms with E-state index in [9.17, 15) is 0 Å². The van der Waals surface area contributed by atoms with Crippen LogP contribution in [0.5, 0.6) is 5.75 Å². The Bertz CT molecular complexity index is 536. The van der Waals surface area contributed by atoms with Gasteiger partial charge in [0.15, 0.2) is 0 Å². The standard InChI is InChI=1S/C16H21NOS2/c1-4-14-15(10-19)20-16(17-14)5-6-18-13-8-11(2)7-12(3)9-13/h7-9,19H,4-6,10H2,1-3H3. The third-order valence-electron chi connectivity index (χ3n) is 3.08. The van der Waals surface area contributed by atoms with E-state index < -0.39 is 0 Å². The Balaban J connectivity index is 1.94. The Morgan fingerprint density at radius 1 is 1.20 bits per heavy atom. The zero-order chi connectivity index (χ0) is 14.5. The van der Waals surface area contributed by atoms with E-state index in [0.29, 0.717) is 6.61 Å². The first-order chi connectivity index (χ1) is 9.62. The molecule has 0 radical (unpaired) electrons. The minimum atomic E-state index is 0.672. The van der Waals surface area contributed by atoms with E-state index >= 15 is 0 Å². The fourth-order valence-electron chi connectivity index (χ4n) is 2.22. The van der Waals surface area contributed by atoms with Gasteiger partial charge in [-0.2, -0.15) is 12.6 Å². The molecular weight excluding hydrogens is 286 g/mol. The molecule has 0 aliphatic rings. The van der Waals surface area contributed by atoms with Crippen LogP contribution in [0.3, 0.4) is 0 Å². The van der Waals surface area contributed by atoms with Gasteiger partial charge in [-0.05, 0) is 43.5 Å². The quantitative estimate of drug-likeness (QED) is 0.800. The molecule has 0 saturated heterocycles. The van der Waals surface area contributed by atoms with E-state index in [1.165, 1.54) is 21.7 Å². The maximum absolute atomic E-state index is 5.84. The molecule has 108 valence electrons. The van der Waals surface area contributed by atoms with E-state index in [0.717, 1.165) is 29.4 Å². The second kappa shape index (κ2) is 7.14. The number of thiazole rings is 1. The van der Waals surface area contributed by atoms with Gasteiger partial charge >= 0.3 is 0 Å². The average molecular weight is 307 g/mol. The Hall–Kier alpha value is -1.00. The van der Waals surface area contributed by atoms with Crippen molar-refractivity contribution in [3.05, 3.63) is 44.9 Å². The molecule has 0 N–H and O–H groups in total. The van der Waals surface area contributed by atoms with Crippen LogP contribution in [0, 0.1) is 13.8 Å². The topological polar surface area (TPSA) is 22.1 Å². The maximum Gasteiger partial charge on any atom is 0.119 e. The summed E-state index contributed by atoms with van der Waals surface area (Å²) in [6, 6.07) is 6.30. The molecule has 2 aromatic rings. The molecule has 20 heavy (non-hydrogen) atoms. The molecule has 0 unspecified atom stereocenters. The maximum atomic E-state index is 5.84. The lowest BCUT2D eigenvalue weighted by molar-refractivity contribution is 0.321. The SMILES string of the molecule is CCc1nc(CCOc2cc(C)cc(C)c2)sc1CS. The monoisotopic (exact) mass is 307 g/mol. The highest BCUT2D eigenvalue weighted by Gasteiger charge is 2.08. The number of rotatable bonds is 6. The summed E-state index contributed by atoms with van der Waals surface area (Å²) in [4.78, 5) is 5.94. The van der Waals surface area contributed by atoms with E-state index in [4.69, 9.17) is 4.74 Å². The minimum absolute atomic E-state index is 0.672. The van der Waals surface area contributed by atoms with E-state index in [-0.39, 0.29) is 0 Å². The Morgan fingerprint density at radius 3 is 2.45 bits per heavy atom. The normalized spacial score (nSPS) is 10.8. The van der Waals surface area contributed by atoms with Crippen molar-refractivity contribution in [3.8, 4) is 5.75 Å². The van der Waals surface area contributed by atoms with Gasteiger partial charge in [-0.3, -0.25) is 0 Å². The van der Waals surface area contributed by atoms with Crippen LogP contribution in [-0.2, 0) is 18.6 Å². The van der Waals surface area contributed by atoms with Crippen molar-refractivity contribution in [1.82, 2.24) is 4.98 Å². The number of hydrogen-bond acceptors (Lipinski definition) is 4. The van der Waals surface area contributed by atoms with Crippen molar-refractivity contribution >= 4 is 24.0 Å². The summed E-state index contributed by atoms with van der Waals surface area (Å²) in [6.45, 7) is 6.99. The second-order valence-electron chi connectivity index (χ2n) is 4.91. The molecule has 2 nitrogen and oxygen atoms in total. The summed E-state index contributed by atoms with van der Waals surface area (Å²) in [5, 5.41) is 1.15. The highest BCUT2D eigenvalue weighted by atomic mass is 32.1. The van der Waals surface area contributed by atoms with Gasteiger partial charge in [-0.25, -0.2) is 4.98 Å². The molecule has 0 bridgehead atoms. The molecule has 1 aromatic carbocycles. The summed E-state index contributed by atoms with van der Waals surface area (Å²) >= 11 is 6.12. The van der Waals surface area contributed by atoms with Crippen LogP contribution in [0.25, 0.3) is 0 Å². The van der Waals surface area contributed by atoms with Crippen molar-refractivity contribution in [2.75, 3.05) is 6.61 Å². The Labute approximate surface area is 130 Å². The third kappa shape index (κ3) is 4.00. The molecule has 2 rings (SSSR count). The number of benzene rings is 1. The number of aromatic nitrogens is 1. The molecular formula is C16H21NOS2. The van der Waals surface area contributed by atoms with Crippen molar-refractivity contribution < 1.29 is 4.74 Å². The number of nitrogens with zero attached hydrogens (tertiary/aromatic N) is 1. The smallest absolute Gasteiger partial charge is 0.119 e. The fraction of sp³-hybridized carbons (Fsp3) is 0.438. The lowest BCUT2D eigenvalue weighted by Gasteiger charge is -2.07. The molecule has 0 amide bonds. The molecule has 0 aliphatic heterocycles. The first kappa shape index (κ1) is 15.4.